The van der Waals surface area contributed by atoms with Crippen LogP contribution in [0.2, 0.25) is 5.02 Å². The molecule has 0 atom stereocenters. The molecule has 0 radical (unpaired) electrons. The van der Waals surface area contributed by atoms with Crippen molar-refractivity contribution in [3.05, 3.63) is 58.3 Å². The maximum absolute atomic E-state index is 12.1. The van der Waals surface area contributed by atoms with Crippen LogP contribution in [0, 0.1) is 0 Å². The van der Waals surface area contributed by atoms with Crippen molar-refractivity contribution < 1.29 is 19.7 Å². The molecule has 2 aromatic carbocycles. The number of Topliss-reactive ketones (excluding diaryl/α,β-unsaturated/α-hetero) is 1. The number of ether oxygens (including phenoxy) is 1. The highest BCUT2D eigenvalue weighted by atomic mass is 35.5. The van der Waals surface area contributed by atoms with Gasteiger partial charge in [0.05, 0.1) is 5.56 Å². The van der Waals surface area contributed by atoms with E-state index in [1.165, 1.54) is 18.2 Å². The van der Waals surface area contributed by atoms with Gasteiger partial charge in [-0.1, -0.05) is 29.8 Å². The number of benzene rings is 2. The summed E-state index contributed by atoms with van der Waals surface area (Å²) in [6, 6.07) is 9.65. The van der Waals surface area contributed by atoms with Gasteiger partial charge >= 0.3 is 0 Å². The van der Waals surface area contributed by atoms with E-state index in [2.05, 4.69) is 0 Å². The lowest BCUT2D eigenvalue weighted by Gasteiger charge is -2.03. The molecule has 0 aromatic heterocycles. The molecule has 4 nitrogen and oxygen atoms in total. The molecule has 0 spiro atoms. The number of ketones is 1. The number of phenolic OH excluding ortho intramolecular Hbond substituents is 2. The van der Waals surface area contributed by atoms with Crippen molar-refractivity contribution >= 4 is 23.5 Å². The van der Waals surface area contributed by atoms with Crippen molar-refractivity contribution in [3.8, 4) is 17.2 Å². The van der Waals surface area contributed by atoms with E-state index < -0.39 is 5.75 Å². The summed E-state index contributed by atoms with van der Waals surface area (Å²) in [4.78, 5) is 12.1. The van der Waals surface area contributed by atoms with Crippen molar-refractivity contribution in [2.45, 2.75) is 0 Å². The van der Waals surface area contributed by atoms with Gasteiger partial charge in [0.15, 0.2) is 17.3 Å². The summed E-state index contributed by atoms with van der Waals surface area (Å²) in [5, 5.41) is 19.6. The predicted octanol–water partition coefficient (Wildman–Crippen LogP) is 3.37. The van der Waals surface area contributed by atoms with E-state index in [1.807, 2.05) is 0 Å². The molecule has 0 amide bonds. The summed E-state index contributed by atoms with van der Waals surface area (Å²) in [7, 11) is 0. The van der Waals surface area contributed by atoms with Crippen LogP contribution < -0.4 is 4.74 Å². The Hall–Kier alpha value is -2.46. The Morgan fingerprint density at radius 2 is 1.85 bits per heavy atom. The lowest BCUT2D eigenvalue weighted by molar-refractivity contribution is 0.101. The molecule has 0 saturated heterocycles. The summed E-state index contributed by atoms with van der Waals surface area (Å²) in [6.07, 6.45) is 1.50. The molecule has 2 aromatic rings. The number of hydrogen-bond donors (Lipinski definition) is 2. The minimum Gasteiger partial charge on any atom is -0.504 e. The summed E-state index contributed by atoms with van der Waals surface area (Å²) >= 11 is 6.02. The average Bonchev–Trinajstić information content (AvgIpc) is 2.75. The molecule has 100 valence electrons. The Labute approximate surface area is 119 Å². The maximum Gasteiger partial charge on any atom is 0.232 e. The van der Waals surface area contributed by atoms with Crippen LogP contribution in [0.25, 0.3) is 6.08 Å². The zero-order chi connectivity index (χ0) is 14.3. The second-order valence-corrected chi connectivity index (χ2v) is 4.68. The van der Waals surface area contributed by atoms with Gasteiger partial charge in [-0.3, -0.25) is 4.79 Å². The van der Waals surface area contributed by atoms with E-state index in [1.54, 1.807) is 24.3 Å². The second kappa shape index (κ2) is 4.58. The quantitative estimate of drug-likeness (QED) is 0.624. The molecule has 5 heteroatoms. The van der Waals surface area contributed by atoms with Crippen LogP contribution >= 0.6 is 11.6 Å². The van der Waals surface area contributed by atoms with Crippen molar-refractivity contribution in [2.24, 2.45) is 0 Å². The zero-order valence-corrected chi connectivity index (χ0v) is 10.9. The fourth-order valence-corrected chi connectivity index (χ4v) is 2.15. The van der Waals surface area contributed by atoms with Crippen LogP contribution in [0.15, 0.2) is 42.2 Å². The maximum atomic E-state index is 12.1. The number of carbonyl (C=O) groups excluding carboxylic acids is 1. The Morgan fingerprint density at radius 3 is 2.60 bits per heavy atom. The topological polar surface area (TPSA) is 66.8 Å². The average molecular weight is 289 g/mol. The lowest BCUT2D eigenvalue weighted by Crippen LogP contribution is -1.98. The molecule has 0 unspecified atom stereocenters. The normalized spacial score (nSPS) is 15.2. The van der Waals surface area contributed by atoms with E-state index in [0.717, 1.165) is 0 Å². The molecule has 1 aliphatic rings. The predicted molar refractivity (Wildman–Crippen MR) is 74.2 cm³/mol. The molecular formula is C15H9ClO4. The van der Waals surface area contributed by atoms with Crippen LogP contribution in [0.4, 0.5) is 0 Å². The van der Waals surface area contributed by atoms with Gasteiger partial charge in [0, 0.05) is 5.02 Å². The third kappa shape index (κ3) is 1.90. The first-order valence-corrected chi connectivity index (χ1v) is 6.19. The third-order valence-electron chi connectivity index (χ3n) is 2.98. The highest BCUT2D eigenvalue weighted by molar-refractivity contribution is 6.32. The van der Waals surface area contributed by atoms with Gasteiger partial charge < -0.3 is 14.9 Å². The van der Waals surface area contributed by atoms with E-state index in [9.17, 15) is 15.0 Å². The smallest absolute Gasteiger partial charge is 0.232 e. The minimum atomic E-state index is -0.446. The highest BCUT2D eigenvalue weighted by Gasteiger charge is 2.31. The molecule has 0 aliphatic carbocycles. The van der Waals surface area contributed by atoms with E-state index in [4.69, 9.17) is 16.3 Å². The fourth-order valence-electron chi connectivity index (χ4n) is 1.96. The molecule has 20 heavy (non-hydrogen) atoms. The van der Waals surface area contributed by atoms with Crippen LogP contribution in [0.5, 0.6) is 17.2 Å². The minimum absolute atomic E-state index is 0.0340. The number of hydrogen-bond acceptors (Lipinski definition) is 4. The fraction of sp³-hybridized carbons (Fsp3) is 0. The SMILES string of the molecule is O=C1/C(=C/c2ccccc2Cl)Oc2c1ccc(O)c2O. The van der Waals surface area contributed by atoms with Crippen LogP contribution in [-0.2, 0) is 0 Å². The van der Waals surface area contributed by atoms with Gasteiger partial charge in [-0.05, 0) is 29.8 Å². The molecule has 2 N–H and O–H groups in total. The number of aromatic hydroxyl groups is 2. The first-order chi connectivity index (χ1) is 9.58. The third-order valence-corrected chi connectivity index (χ3v) is 3.33. The van der Waals surface area contributed by atoms with Crippen molar-refractivity contribution in [2.75, 3.05) is 0 Å². The van der Waals surface area contributed by atoms with Gasteiger partial charge in [0.2, 0.25) is 11.5 Å². The molecule has 0 saturated carbocycles. The highest BCUT2D eigenvalue weighted by Crippen LogP contribution is 2.44. The number of allylic oxidation sites excluding steroid dienone is 1. The molecule has 0 bridgehead atoms. The van der Waals surface area contributed by atoms with Gasteiger partial charge in [-0.25, -0.2) is 0 Å². The molecule has 1 aliphatic heterocycles. The number of fused-ring (bicyclic) bond motifs is 1. The Bertz CT molecular complexity index is 750. The monoisotopic (exact) mass is 288 g/mol. The molecular weight excluding hydrogens is 280 g/mol. The van der Waals surface area contributed by atoms with Gasteiger partial charge in [-0.2, -0.15) is 0 Å². The van der Waals surface area contributed by atoms with Crippen LogP contribution in [0.1, 0.15) is 15.9 Å². The van der Waals surface area contributed by atoms with Crippen LogP contribution in [-0.4, -0.2) is 16.0 Å². The zero-order valence-electron chi connectivity index (χ0n) is 10.1. The van der Waals surface area contributed by atoms with E-state index in [-0.39, 0.29) is 28.6 Å². The van der Waals surface area contributed by atoms with Gasteiger partial charge in [-0.15, -0.1) is 0 Å². The Morgan fingerprint density at radius 1 is 1.10 bits per heavy atom. The molecule has 3 rings (SSSR count). The van der Waals surface area contributed by atoms with Crippen molar-refractivity contribution in [1.82, 2.24) is 0 Å². The summed E-state index contributed by atoms with van der Waals surface area (Å²) in [5.74, 6) is -1.13. The number of phenols is 2. The van der Waals surface area contributed by atoms with Gasteiger partial charge in [0.1, 0.15) is 0 Å². The number of halogens is 1. The number of rotatable bonds is 1. The lowest BCUT2D eigenvalue weighted by atomic mass is 10.1. The summed E-state index contributed by atoms with van der Waals surface area (Å²) in [6.45, 7) is 0. The van der Waals surface area contributed by atoms with Crippen molar-refractivity contribution in [1.29, 1.82) is 0 Å². The Kier molecular flexibility index (Phi) is 2.88. The second-order valence-electron chi connectivity index (χ2n) is 4.27. The van der Waals surface area contributed by atoms with E-state index in [0.29, 0.717) is 10.6 Å². The van der Waals surface area contributed by atoms with Gasteiger partial charge in [0.25, 0.3) is 0 Å². The summed E-state index contributed by atoms with van der Waals surface area (Å²) < 4.78 is 5.33. The van der Waals surface area contributed by atoms with Crippen molar-refractivity contribution in [3.63, 3.8) is 0 Å². The standard InChI is InChI=1S/C15H9ClO4/c16-10-4-2-1-3-8(10)7-12-13(18)9-5-6-11(17)14(19)15(9)20-12/h1-7,17,19H/b12-7-. The van der Waals surface area contributed by atoms with E-state index >= 15 is 0 Å². The Balaban J connectivity index is 2.07. The molecule has 1 heterocycles. The van der Waals surface area contributed by atoms with Crippen LogP contribution in [0.3, 0.4) is 0 Å². The first kappa shape index (κ1) is 12.6. The number of carbonyl (C=O) groups is 1. The largest absolute Gasteiger partial charge is 0.504 e. The summed E-state index contributed by atoms with van der Waals surface area (Å²) in [5.41, 5.74) is 0.840. The molecule has 0 fully saturated rings. The first-order valence-electron chi connectivity index (χ1n) is 5.81.